The zero-order valence-corrected chi connectivity index (χ0v) is 10.8. The molecule has 0 saturated carbocycles. The van der Waals surface area contributed by atoms with Gasteiger partial charge in [0, 0.05) is 31.1 Å². The van der Waals surface area contributed by atoms with E-state index >= 15 is 0 Å². The predicted molar refractivity (Wildman–Crippen MR) is 18.9 cm³/mol. The van der Waals surface area contributed by atoms with Crippen LogP contribution in [-0.4, -0.2) is 10.6 Å². The Bertz CT molecular complexity index is 69.3. The first kappa shape index (κ1) is 8.53. The van der Waals surface area contributed by atoms with E-state index < -0.39 is 0 Å². The van der Waals surface area contributed by atoms with Gasteiger partial charge in [0.15, 0.2) is 0 Å². The van der Waals surface area contributed by atoms with Gasteiger partial charge in [-0.3, -0.25) is 0 Å². The molecular weight excluding hydrogens is 488 g/mol. The first-order chi connectivity index (χ1) is 2.89. The van der Waals surface area contributed by atoms with E-state index in [4.69, 9.17) is 0 Å². The molecule has 0 bridgehead atoms. The van der Waals surface area contributed by atoms with Crippen molar-refractivity contribution < 1.29 is 55.3 Å². The molecule has 1 aliphatic heterocycles. The van der Waals surface area contributed by atoms with Gasteiger partial charge in [-0.25, -0.2) is 0 Å². The van der Waals surface area contributed by atoms with Gasteiger partial charge in [-0.05, 0) is 0 Å². The molecule has 0 amide bonds. The van der Waals surface area contributed by atoms with E-state index in [0.29, 0.717) is 0 Å². The molecule has 0 spiro atoms. The fraction of sp³-hybridized carbons (Fsp3) is 0.667. The van der Waals surface area contributed by atoms with Crippen molar-refractivity contribution in [3.8, 4) is 0 Å². The average Bonchev–Trinajstić information content (AvgIpc) is 1.86. The molecule has 0 aromatic rings. The van der Waals surface area contributed by atoms with Crippen LogP contribution in [0.25, 0.3) is 5.48 Å². The molecule has 0 aliphatic carbocycles. The summed E-state index contributed by atoms with van der Waals surface area (Å²) in [5.74, 6) is 0. The van der Waals surface area contributed by atoms with Crippen LogP contribution in [-0.2, 0) is 24.2 Å². The Hall–Kier alpha value is 1.53. The van der Waals surface area contributed by atoms with E-state index in [1.807, 2.05) is 0 Å². The van der Waals surface area contributed by atoms with Gasteiger partial charge in [0.25, 0.3) is 0 Å². The summed E-state index contributed by atoms with van der Waals surface area (Å²) >= 11 is 1.43. The zero-order chi connectivity index (χ0) is 4.41. The van der Waals surface area contributed by atoms with Crippen molar-refractivity contribution in [2.75, 3.05) is 6.61 Å². The molecule has 1 fully saturated rings. The average molecular weight is 492 g/mol. The molecule has 0 N–H and O–H groups in total. The Morgan fingerprint density at radius 3 is 2.57 bits per heavy atom. The van der Waals surface area contributed by atoms with Gasteiger partial charge in [-0.1, -0.05) is 0 Å². The fourth-order valence-corrected chi connectivity index (χ4v) is 0.785. The summed E-state index contributed by atoms with van der Waals surface area (Å²) < 4.78 is 1.19. The maximum absolute atomic E-state index is 4.67. The number of hydroxylamine groups is 1. The Kier molecular flexibility index (Phi) is 5.38. The minimum atomic E-state index is 0. The molecule has 1 aliphatic rings. The third kappa shape index (κ3) is 3.17. The summed E-state index contributed by atoms with van der Waals surface area (Å²) in [6.07, 6.45) is 1.05. The molecule has 0 aromatic carbocycles. The summed E-state index contributed by atoms with van der Waals surface area (Å²) in [4.78, 5) is 4.67. The second-order valence-electron chi connectivity index (χ2n) is 1.07. The molecule has 0 radical (unpaired) electrons. The zero-order valence-electron chi connectivity index (χ0n) is 3.68. The van der Waals surface area contributed by atoms with E-state index in [0.717, 1.165) is 13.0 Å². The Morgan fingerprint density at radius 2 is 2.43 bits per heavy atom. The topological polar surface area (TPSA) is 23.3 Å². The molecule has 0 aromatic heterocycles. The minimum absolute atomic E-state index is 0. The summed E-state index contributed by atoms with van der Waals surface area (Å²) in [7, 11) is 0. The maximum atomic E-state index is 4.67. The molecule has 0 atom stereocenters. The SMILES string of the molecule is [U].[W]=[C]1CCO[N-]1. The van der Waals surface area contributed by atoms with Gasteiger partial charge >= 0.3 is 46.7 Å². The molecule has 1 rings (SSSR count). The van der Waals surface area contributed by atoms with Gasteiger partial charge in [0.05, 0.1) is 0 Å². The molecule has 1 saturated heterocycles. The summed E-state index contributed by atoms with van der Waals surface area (Å²) in [6.45, 7) is 0.804. The van der Waals surface area contributed by atoms with Crippen LogP contribution in [0.3, 0.4) is 0 Å². The Labute approximate surface area is 77.1 Å². The standard InChI is InChI=1S/C3H4NO.U.W/c1-2-4-5-3-1;;/h1,3H2;;/q-1;;. The number of hydrogen-bond donors (Lipinski definition) is 0. The van der Waals surface area contributed by atoms with Crippen molar-refractivity contribution >= 4 is 4.02 Å². The number of nitrogens with zero attached hydrogens (tertiary/aromatic N) is 1. The molecule has 4 heteroatoms. The van der Waals surface area contributed by atoms with E-state index in [2.05, 4.69) is 10.3 Å². The number of hydrogen-bond acceptors (Lipinski definition) is 1. The molecule has 1 heterocycles. The van der Waals surface area contributed by atoms with Crippen molar-refractivity contribution in [1.29, 1.82) is 0 Å². The van der Waals surface area contributed by atoms with Crippen LogP contribution in [0.2, 0.25) is 0 Å². The van der Waals surface area contributed by atoms with Gasteiger partial charge in [-0.2, -0.15) is 0 Å². The van der Waals surface area contributed by atoms with Crippen LogP contribution in [0.5, 0.6) is 0 Å². The summed E-state index contributed by atoms with van der Waals surface area (Å²) in [6, 6.07) is 0. The van der Waals surface area contributed by atoms with Crippen LogP contribution >= 0.6 is 0 Å². The van der Waals surface area contributed by atoms with Crippen LogP contribution in [0.4, 0.5) is 0 Å². The molecule has 7 heavy (non-hydrogen) atoms. The van der Waals surface area contributed by atoms with Crippen LogP contribution in [0.1, 0.15) is 6.42 Å². The second kappa shape index (κ2) is 4.41. The van der Waals surface area contributed by atoms with Crippen molar-refractivity contribution in [1.82, 2.24) is 0 Å². The Balaban J connectivity index is 0.000000360. The third-order valence-electron chi connectivity index (χ3n) is 0.574. The van der Waals surface area contributed by atoms with Crippen molar-refractivity contribution in [3.63, 3.8) is 0 Å². The third-order valence-corrected chi connectivity index (χ3v) is 1.57. The van der Waals surface area contributed by atoms with E-state index in [1.54, 1.807) is 0 Å². The van der Waals surface area contributed by atoms with Gasteiger partial charge < -0.3 is 0 Å². The summed E-state index contributed by atoms with van der Waals surface area (Å²) in [5, 5.41) is 0. The van der Waals surface area contributed by atoms with Crippen LogP contribution < -0.4 is 0 Å². The van der Waals surface area contributed by atoms with Crippen LogP contribution in [0.15, 0.2) is 0 Å². The van der Waals surface area contributed by atoms with E-state index in [-0.39, 0.29) is 31.1 Å². The second-order valence-corrected chi connectivity index (χ2v) is 2.76. The fourth-order valence-electron chi connectivity index (χ4n) is 0.296. The first-order valence-electron chi connectivity index (χ1n) is 1.75. The molecule has 38 valence electrons. The quantitative estimate of drug-likeness (QED) is 0.480. The van der Waals surface area contributed by atoms with Crippen molar-refractivity contribution in [3.05, 3.63) is 5.48 Å². The molecule has 2 nitrogen and oxygen atoms in total. The summed E-state index contributed by atoms with van der Waals surface area (Å²) in [5.41, 5.74) is 3.69. The predicted octanol–water partition coefficient (Wildman–Crippen LogP) is 0.372. The van der Waals surface area contributed by atoms with Gasteiger partial charge in [0.2, 0.25) is 0 Å². The Morgan fingerprint density at radius 1 is 1.71 bits per heavy atom. The van der Waals surface area contributed by atoms with Crippen molar-refractivity contribution in [2.45, 2.75) is 6.42 Å². The monoisotopic (exact) mass is 492 g/mol. The molecular formula is C3H4NOUW-. The normalized spacial score (nSPS) is 19.1. The van der Waals surface area contributed by atoms with Gasteiger partial charge in [0.1, 0.15) is 0 Å². The first-order valence-corrected chi connectivity index (χ1v) is 3.22. The van der Waals surface area contributed by atoms with E-state index in [9.17, 15) is 0 Å². The van der Waals surface area contributed by atoms with Gasteiger partial charge in [-0.15, -0.1) is 0 Å². The number of rotatable bonds is 0. The van der Waals surface area contributed by atoms with Crippen molar-refractivity contribution in [2.24, 2.45) is 0 Å². The van der Waals surface area contributed by atoms with Crippen LogP contribution in [0, 0.1) is 31.1 Å². The van der Waals surface area contributed by atoms with E-state index in [1.165, 1.54) is 23.4 Å². The molecule has 0 unspecified atom stereocenters.